The SMILES string of the molecule is O=C(CCn1ncc(=O)c2ccccc21)NCCc1nnc2n1CCCCC2. The summed E-state index contributed by atoms with van der Waals surface area (Å²) >= 11 is 0. The molecule has 1 amide bonds. The molecule has 0 saturated heterocycles. The molecule has 1 aromatic carbocycles. The van der Waals surface area contributed by atoms with Crippen LogP contribution >= 0.6 is 0 Å². The number of benzene rings is 1. The minimum absolute atomic E-state index is 0.0415. The summed E-state index contributed by atoms with van der Waals surface area (Å²) in [5, 5.41) is 16.3. The van der Waals surface area contributed by atoms with Gasteiger partial charge in [-0.25, -0.2) is 0 Å². The number of fused-ring (bicyclic) bond motifs is 2. The molecule has 0 fully saturated rings. The van der Waals surface area contributed by atoms with E-state index in [-0.39, 0.29) is 11.3 Å². The molecule has 28 heavy (non-hydrogen) atoms. The van der Waals surface area contributed by atoms with Crippen molar-refractivity contribution in [3.05, 3.63) is 52.3 Å². The lowest BCUT2D eigenvalue weighted by Gasteiger charge is -2.10. The van der Waals surface area contributed by atoms with Gasteiger partial charge < -0.3 is 9.88 Å². The second kappa shape index (κ2) is 8.33. The van der Waals surface area contributed by atoms with Crippen LogP contribution in [0.5, 0.6) is 0 Å². The molecule has 3 aromatic rings. The summed E-state index contributed by atoms with van der Waals surface area (Å²) in [6.45, 7) is 1.93. The summed E-state index contributed by atoms with van der Waals surface area (Å²) in [7, 11) is 0. The summed E-state index contributed by atoms with van der Waals surface area (Å²) in [5.74, 6) is 1.97. The van der Waals surface area contributed by atoms with Crippen LogP contribution in [0, 0.1) is 0 Å². The van der Waals surface area contributed by atoms with Crippen molar-refractivity contribution in [2.24, 2.45) is 0 Å². The average Bonchev–Trinajstić information content (AvgIpc) is 2.94. The van der Waals surface area contributed by atoms with Crippen molar-refractivity contribution in [3.63, 3.8) is 0 Å². The van der Waals surface area contributed by atoms with Gasteiger partial charge in [-0.05, 0) is 25.0 Å². The molecular weight excluding hydrogens is 356 g/mol. The second-order valence-corrected chi connectivity index (χ2v) is 7.09. The molecule has 8 nitrogen and oxygen atoms in total. The number of rotatable bonds is 6. The third kappa shape index (κ3) is 3.95. The zero-order chi connectivity index (χ0) is 19.3. The molecule has 1 aliphatic rings. The van der Waals surface area contributed by atoms with Gasteiger partial charge in [0.25, 0.3) is 0 Å². The fourth-order valence-electron chi connectivity index (χ4n) is 3.68. The van der Waals surface area contributed by atoms with Crippen molar-refractivity contribution in [2.45, 2.75) is 51.6 Å². The van der Waals surface area contributed by atoms with Gasteiger partial charge in [0.05, 0.1) is 18.3 Å². The molecule has 1 aliphatic heterocycles. The fourth-order valence-corrected chi connectivity index (χ4v) is 3.68. The van der Waals surface area contributed by atoms with E-state index in [1.807, 2.05) is 18.2 Å². The Morgan fingerprint density at radius 3 is 2.96 bits per heavy atom. The Labute approximate surface area is 162 Å². The maximum atomic E-state index is 12.2. The Hall–Kier alpha value is -3.03. The van der Waals surface area contributed by atoms with Crippen molar-refractivity contribution in [1.29, 1.82) is 0 Å². The average molecular weight is 380 g/mol. The van der Waals surface area contributed by atoms with Gasteiger partial charge in [0.15, 0.2) is 0 Å². The summed E-state index contributed by atoms with van der Waals surface area (Å²) in [6.07, 6.45) is 6.83. The zero-order valence-corrected chi connectivity index (χ0v) is 15.8. The molecular formula is C20H24N6O2. The standard InChI is InChI=1S/C20H24N6O2/c27-17-14-22-26(16-7-4-3-6-15(16)17)13-10-20(28)21-11-9-19-24-23-18-8-2-1-5-12-25(18)19/h3-4,6-7,14H,1-2,5,8-13H2,(H,21,28). The Kier molecular flexibility index (Phi) is 5.45. The minimum Gasteiger partial charge on any atom is -0.356 e. The van der Waals surface area contributed by atoms with E-state index in [0.717, 1.165) is 36.6 Å². The van der Waals surface area contributed by atoms with Crippen molar-refractivity contribution in [3.8, 4) is 0 Å². The maximum Gasteiger partial charge on any atom is 0.221 e. The van der Waals surface area contributed by atoms with Crippen molar-refractivity contribution >= 4 is 16.8 Å². The van der Waals surface area contributed by atoms with Crippen LogP contribution in [0.1, 0.15) is 37.3 Å². The van der Waals surface area contributed by atoms with Gasteiger partial charge >= 0.3 is 0 Å². The molecule has 1 N–H and O–H groups in total. The minimum atomic E-state index is -0.108. The molecule has 2 aromatic heterocycles. The quantitative estimate of drug-likeness (QED) is 0.699. The van der Waals surface area contributed by atoms with Crippen LogP contribution in [0.25, 0.3) is 10.9 Å². The number of nitrogens with zero attached hydrogens (tertiary/aromatic N) is 5. The first-order valence-corrected chi connectivity index (χ1v) is 9.85. The first-order valence-electron chi connectivity index (χ1n) is 9.85. The number of aryl methyl sites for hydroxylation is 2. The molecule has 8 heteroatoms. The van der Waals surface area contributed by atoms with Crippen LogP contribution in [0.2, 0.25) is 0 Å². The molecule has 3 heterocycles. The van der Waals surface area contributed by atoms with Gasteiger partial charge in [0, 0.05) is 37.7 Å². The number of carbonyl (C=O) groups is 1. The highest BCUT2D eigenvalue weighted by molar-refractivity contribution is 5.79. The lowest BCUT2D eigenvalue weighted by molar-refractivity contribution is -0.121. The van der Waals surface area contributed by atoms with Crippen LogP contribution in [0.3, 0.4) is 0 Å². The van der Waals surface area contributed by atoms with Gasteiger partial charge in [-0.1, -0.05) is 18.6 Å². The molecule has 4 rings (SSSR count). The maximum absolute atomic E-state index is 12.2. The number of nitrogens with one attached hydrogen (secondary N) is 1. The summed E-state index contributed by atoms with van der Waals surface area (Å²) in [5.41, 5.74) is 0.637. The normalized spacial score (nSPS) is 13.9. The summed E-state index contributed by atoms with van der Waals surface area (Å²) < 4.78 is 3.91. The number of hydrogen-bond acceptors (Lipinski definition) is 5. The van der Waals surface area contributed by atoms with E-state index in [1.165, 1.54) is 19.0 Å². The summed E-state index contributed by atoms with van der Waals surface area (Å²) in [6, 6.07) is 7.31. The predicted molar refractivity (Wildman–Crippen MR) is 105 cm³/mol. The topological polar surface area (TPSA) is 94.7 Å². The number of hydrogen-bond donors (Lipinski definition) is 1. The Bertz CT molecular complexity index is 1040. The molecule has 0 bridgehead atoms. The third-order valence-electron chi connectivity index (χ3n) is 5.17. The number of amides is 1. The Morgan fingerprint density at radius 1 is 1.14 bits per heavy atom. The largest absolute Gasteiger partial charge is 0.356 e. The number of aromatic nitrogens is 5. The van der Waals surface area contributed by atoms with Crippen molar-refractivity contribution in [2.75, 3.05) is 6.54 Å². The van der Waals surface area contributed by atoms with Crippen LogP contribution < -0.4 is 10.7 Å². The second-order valence-electron chi connectivity index (χ2n) is 7.09. The van der Waals surface area contributed by atoms with E-state index in [2.05, 4.69) is 25.2 Å². The number of para-hydroxylation sites is 1. The highest BCUT2D eigenvalue weighted by atomic mass is 16.1. The monoisotopic (exact) mass is 380 g/mol. The van der Waals surface area contributed by atoms with E-state index in [9.17, 15) is 9.59 Å². The molecule has 0 radical (unpaired) electrons. The van der Waals surface area contributed by atoms with Gasteiger partial charge in [-0.2, -0.15) is 5.10 Å². The first-order chi connectivity index (χ1) is 13.7. The van der Waals surface area contributed by atoms with E-state index >= 15 is 0 Å². The van der Waals surface area contributed by atoms with Gasteiger partial charge in [0.1, 0.15) is 11.6 Å². The van der Waals surface area contributed by atoms with Crippen LogP contribution in [-0.4, -0.2) is 37.0 Å². The predicted octanol–water partition coefficient (Wildman–Crippen LogP) is 1.46. The van der Waals surface area contributed by atoms with E-state index in [4.69, 9.17) is 0 Å². The summed E-state index contributed by atoms with van der Waals surface area (Å²) in [4.78, 5) is 24.1. The highest BCUT2D eigenvalue weighted by Crippen LogP contribution is 2.14. The Balaban J connectivity index is 1.31. The van der Waals surface area contributed by atoms with E-state index in [0.29, 0.717) is 31.3 Å². The van der Waals surface area contributed by atoms with Crippen LogP contribution in [0.4, 0.5) is 0 Å². The first kappa shape index (κ1) is 18.3. The van der Waals surface area contributed by atoms with Crippen LogP contribution in [0.15, 0.2) is 35.3 Å². The molecule has 0 spiro atoms. The zero-order valence-electron chi connectivity index (χ0n) is 15.8. The van der Waals surface area contributed by atoms with E-state index in [1.54, 1.807) is 10.7 Å². The smallest absolute Gasteiger partial charge is 0.221 e. The number of carbonyl (C=O) groups excluding carboxylic acids is 1. The molecule has 0 unspecified atom stereocenters. The molecule has 0 saturated carbocycles. The lowest BCUT2D eigenvalue weighted by atomic mass is 10.2. The van der Waals surface area contributed by atoms with Gasteiger partial charge in [0.2, 0.25) is 11.3 Å². The van der Waals surface area contributed by atoms with E-state index < -0.39 is 0 Å². The lowest BCUT2D eigenvalue weighted by Crippen LogP contribution is -2.28. The van der Waals surface area contributed by atoms with Crippen molar-refractivity contribution in [1.82, 2.24) is 29.9 Å². The molecule has 0 atom stereocenters. The highest BCUT2D eigenvalue weighted by Gasteiger charge is 2.14. The van der Waals surface area contributed by atoms with Crippen LogP contribution in [-0.2, 0) is 30.7 Å². The molecule has 146 valence electrons. The third-order valence-corrected chi connectivity index (χ3v) is 5.17. The fraction of sp³-hybridized carbons (Fsp3) is 0.450. The van der Waals surface area contributed by atoms with Crippen molar-refractivity contribution < 1.29 is 4.79 Å². The Morgan fingerprint density at radius 2 is 2.04 bits per heavy atom. The van der Waals surface area contributed by atoms with Gasteiger partial charge in [-0.15, -0.1) is 10.2 Å². The van der Waals surface area contributed by atoms with Gasteiger partial charge in [-0.3, -0.25) is 14.3 Å². The molecule has 0 aliphatic carbocycles.